The Bertz CT molecular complexity index is 856. The number of hydrazine groups is 1. The van der Waals surface area contributed by atoms with Crippen LogP contribution in [-0.2, 0) is 19.1 Å². The summed E-state index contributed by atoms with van der Waals surface area (Å²) >= 11 is 0. The predicted molar refractivity (Wildman–Crippen MR) is 122 cm³/mol. The van der Waals surface area contributed by atoms with Crippen LogP contribution in [0.4, 0.5) is 9.59 Å². The van der Waals surface area contributed by atoms with Gasteiger partial charge in [-0.1, -0.05) is 32.1 Å². The molecule has 4 atom stereocenters. The van der Waals surface area contributed by atoms with Gasteiger partial charge >= 0.3 is 12.2 Å². The topological polar surface area (TPSA) is 102 Å². The molecule has 0 aromatic carbocycles. The van der Waals surface area contributed by atoms with Crippen LogP contribution in [0.1, 0.15) is 60.8 Å². The van der Waals surface area contributed by atoms with Gasteiger partial charge in [0.1, 0.15) is 11.6 Å². The molecule has 3 aliphatic carbocycles. The van der Waals surface area contributed by atoms with Crippen molar-refractivity contribution in [3.8, 4) is 0 Å². The van der Waals surface area contributed by atoms with Crippen LogP contribution in [0.25, 0.3) is 0 Å². The summed E-state index contributed by atoms with van der Waals surface area (Å²) in [6.07, 6.45) is 4.49. The standard InChI is InChI=1S/C25H36N2O6/c1-8-16-11-25(16)17(21-18(28)12-24(6,7)13-19(21)29)9-10-20(25)27(23(31)33-15(4)5)26-22(30)32-14(2)3/h8-10,14-17,20-21H,1,11-13H2,2-7H3,(H,26,30)/t16?,17-,20-,25?/m1/s1. The number of nitrogens with zero attached hydrogens (tertiary/aromatic N) is 1. The third kappa shape index (κ3) is 4.84. The lowest BCUT2D eigenvalue weighted by Gasteiger charge is -2.39. The summed E-state index contributed by atoms with van der Waals surface area (Å²) < 4.78 is 10.6. The zero-order valence-electron chi connectivity index (χ0n) is 20.4. The number of carbonyl (C=O) groups excluding carboxylic acids is 4. The fourth-order valence-corrected chi connectivity index (χ4v) is 5.51. The molecule has 0 radical (unpaired) electrons. The number of allylic oxidation sites excluding steroid dienone is 2. The van der Waals surface area contributed by atoms with E-state index in [2.05, 4.69) is 12.0 Å². The highest BCUT2D eigenvalue weighted by Crippen LogP contribution is 2.67. The molecule has 182 valence electrons. The molecular weight excluding hydrogens is 424 g/mol. The van der Waals surface area contributed by atoms with E-state index >= 15 is 0 Å². The molecule has 3 rings (SSSR count). The van der Waals surface area contributed by atoms with Gasteiger partial charge in [0.15, 0.2) is 0 Å². The SMILES string of the molecule is C=CC1CC12[C@@H](C1C(=O)CC(C)(C)CC1=O)C=C[C@H]2N(NC(=O)OC(C)C)C(=O)OC(C)C. The maximum absolute atomic E-state index is 13.1. The molecule has 0 heterocycles. The number of Topliss-reactive ketones (excluding diaryl/α,β-unsaturated/α-hetero) is 2. The predicted octanol–water partition coefficient (Wildman–Crippen LogP) is 4.20. The van der Waals surface area contributed by atoms with Crippen LogP contribution in [0.3, 0.4) is 0 Å². The van der Waals surface area contributed by atoms with Crippen LogP contribution in [0, 0.1) is 28.6 Å². The fourth-order valence-electron chi connectivity index (χ4n) is 5.51. The summed E-state index contributed by atoms with van der Waals surface area (Å²) in [4.78, 5) is 51.6. The van der Waals surface area contributed by atoms with Gasteiger partial charge in [-0.3, -0.25) is 9.59 Å². The van der Waals surface area contributed by atoms with Gasteiger partial charge in [-0.2, -0.15) is 0 Å². The number of nitrogens with one attached hydrogen (secondary N) is 1. The van der Waals surface area contributed by atoms with Crippen molar-refractivity contribution in [1.82, 2.24) is 10.4 Å². The van der Waals surface area contributed by atoms with E-state index in [9.17, 15) is 19.2 Å². The highest BCUT2D eigenvalue weighted by molar-refractivity contribution is 6.06. The number of amides is 2. The maximum Gasteiger partial charge on any atom is 0.429 e. The van der Waals surface area contributed by atoms with E-state index in [1.807, 2.05) is 19.9 Å². The number of rotatable bonds is 5. The van der Waals surface area contributed by atoms with Crippen LogP contribution in [0.15, 0.2) is 24.8 Å². The first-order chi connectivity index (χ1) is 15.3. The Morgan fingerprint density at radius 1 is 1.09 bits per heavy atom. The average Bonchev–Trinajstić information content (AvgIpc) is 3.27. The third-order valence-electron chi connectivity index (χ3n) is 6.78. The molecule has 0 saturated heterocycles. The third-order valence-corrected chi connectivity index (χ3v) is 6.78. The first kappa shape index (κ1) is 25.0. The largest absolute Gasteiger partial charge is 0.446 e. The Balaban J connectivity index is 1.94. The van der Waals surface area contributed by atoms with E-state index in [1.54, 1.807) is 39.8 Å². The minimum Gasteiger partial charge on any atom is -0.446 e. The van der Waals surface area contributed by atoms with Gasteiger partial charge in [-0.25, -0.2) is 20.0 Å². The summed E-state index contributed by atoms with van der Waals surface area (Å²) in [7, 11) is 0. The first-order valence-electron chi connectivity index (χ1n) is 11.7. The van der Waals surface area contributed by atoms with Gasteiger partial charge < -0.3 is 9.47 Å². The van der Waals surface area contributed by atoms with Crippen molar-refractivity contribution in [3.05, 3.63) is 24.8 Å². The fraction of sp³-hybridized carbons (Fsp3) is 0.680. The van der Waals surface area contributed by atoms with Crippen molar-refractivity contribution in [2.75, 3.05) is 0 Å². The van der Waals surface area contributed by atoms with Crippen LogP contribution < -0.4 is 5.43 Å². The van der Waals surface area contributed by atoms with E-state index in [1.165, 1.54) is 0 Å². The smallest absolute Gasteiger partial charge is 0.429 e. The van der Waals surface area contributed by atoms with E-state index in [-0.39, 0.29) is 34.9 Å². The van der Waals surface area contributed by atoms with Gasteiger partial charge in [0.25, 0.3) is 0 Å². The number of hydrogen-bond donors (Lipinski definition) is 1. The molecule has 0 aromatic rings. The van der Waals surface area contributed by atoms with E-state index in [4.69, 9.17) is 9.47 Å². The molecule has 3 aliphatic rings. The molecule has 0 aliphatic heterocycles. The molecule has 33 heavy (non-hydrogen) atoms. The van der Waals surface area contributed by atoms with Crippen LogP contribution in [0.2, 0.25) is 0 Å². The van der Waals surface area contributed by atoms with Crippen molar-refractivity contribution >= 4 is 23.8 Å². The second-order valence-electron chi connectivity index (χ2n) is 10.8. The normalized spacial score (nSPS) is 30.6. The highest BCUT2D eigenvalue weighted by Gasteiger charge is 2.68. The zero-order chi connectivity index (χ0) is 24.7. The number of hydrogen-bond acceptors (Lipinski definition) is 6. The zero-order valence-corrected chi connectivity index (χ0v) is 20.4. The molecule has 2 unspecified atom stereocenters. The summed E-state index contributed by atoms with van der Waals surface area (Å²) in [6, 6.07) is -0.605. The Morgan fingerprint density at radius 2 is 1.67 bits per heavy atom. The molecule has 0 aromatic heterocycles. The van der Waals surface area contributed by atoms with Crippen LogP contribution >= 0.6 is 0 Å². The molecule has 8 heteroatoms. The highest BCUT2D eigenvalue weighted by atomic mass is 16.6. The second-order valence-corrected chi connectivity index (χ2v) is 10.8. The molecule has 1 N–H and O–H groups in total. The molecule has 2 saturated carbocycles. The van der Waals surface area contributed by atoms with Gasteiger partial charge in [-0.05, 0) is 45.4 Å². The monoisotopic (exact) mass is 460 g/mol. The average molecular weight is 461 g/mol. The molecule has 2 fully saturated rings. The van der Waals surface area contributed by atoms with Gasteiger partial charge in [0, 0.05) is 24.2 Å². The lowest BCUT2D eigenvalue weighted by Crippen LogP contribution is -2.56. The molecule has 1 spiro atoms. The molecule has 2 amide bonds. The van der Waals surface area contributed by atoms with E-state index in [0.717, 1.165) is 5.01 Å². The Morgan fingerprint density at radius 3 is 2.15 bits per heavy atom. The van der Waals surface area contributed by atoms with Gasteiger partial charge in [0.05, 0.1) is 24.2 Å². The quantitative estimate of drug-likeness (QED) is 0.375. The Labute approximate surface area is 195 Å². The summed E-state index contributed by atoms with van der Waals surface area (Å²) in [6.45, 7) is 14.6. The number of ether oxygens (including phenoxy) is 2. The van der Waals surface area contributed by atoms with Crippen molar-refractivity contribution in [1.29, 1.82) is 0 Å². The van der Waals surface area contributed by atoms with Crippen molar-refractivity contribution in [2.24, 2.45) is 28.6 Å². The Hall–Kier alpha value is -2.64. The molecule has 0 bridgehead atoms. The number of ketones is 2. The lowest BCUT2D eigenvalue weighted by atomic mass is 9.64. The minimum absolute atomic E-state index is 0.0182. The van der Waals surface area contributed by atoms with E-state index < -0.39 is 35.7 Å². The van der Waals surface area contributed by atoms with Gasteiger partial charge in [0.2, 0.25) is 0 Å². The lowest BCUT2D eigenvalue weighted by molar-refractivity contribution is -0.142. The second kappa shape index (κ2) is 8.95. The maximum atomic E-state index is 13.1. The summed E-state index contributed by atoms with van der Waals surface area (Å²) in [5.74, 6) is -1.28. The first-order valence-corrected chi connectivity index (χ1v) is 11.7. The van der Waals surface area contributed by atoms with Crippen molar-refractivity contribution < 1.29 is 28.7 Å². The minimum atomic E-state index is -0.778. The molecule has 8 nitrogen and oxygen atoms in total. The van der Waals surface area contributed by atoms with Crippen LogP contribution in [-0.4, -0.2) is 47.0 Å². The van der Waals surface area contributed by atoms with Crippen molar-refractivity contribution in [3.63, 3.8) is 0 Å². The van der Waals surface area contributed by atoms with Crippen LogP contribution in [0.5, 0.6) is 0 Å². The van der Waals surface area contributed by atoms with E-state index in [0.29, 0.717) is 19.3 Å². The molecular formula is C25H36N2O6. The summed E-state index contributed by atoms with van der Waals surface area (Å²) in [5.41, 5.74) is 1.58. The van der Waals surface area contributed by atoms with Gasteiger partial charge in [-0.15, -0.1) is 6.58 Å². The Kier molecular flexibility index (Phi) is 6.78. The number of carbonyl (C=O) groups is 4. The van der Waals surface area contributed by atoms with Crippen molar-refractivity contribution in [2.45, 2.75) is 79.1 Å². The summed E-state index contributed by atoms with van der Waals surface area (Å²) in [5, 5.41) is 1.15.